The second-order valence-electron chi connectivity index (χ2n) is 9.07. The van der Waals surface area contributed by atoms with Gasteiger partial charge in [0.15, 0.2) is 11.5 Å². The summed E-state index contributed by atoms with van der Waals surface area (Å²) in [6.07, 6.45) is 8.97. The highest BCUT2D eigenvalue weighted by Gasteiger charge is 2.44. The van der Waals surface area contributed by atoms with Crippen LogP contribution in [-0.4, -0.2) is 47.8 Å². The van der Waals surface area contributed by atoms with Crippen molar-refractivity contribution in [1.82, 2.24) is 4.90 Å². The summed E-state index contributed by atoms with van der Waals surface area (Å²) in [5.74, 6) is 0.532. The van der Waals surface area contributed by atoms with E-state index in [2.05, 4.69) is 4.90 Å². The highest BCUT2D eigenvalue weighted by molar-refractivity contribution is 6.34. The number of carboxylic acids is 1. The maximum absolute atomic E-state index is 11.6. The van der Waals surface area contributed by atoms with Crippen LogP contribution in [0.15, 0.2) is 6.07 Å². The van der Waals surface area contributed by atoms with Crippen molar-refractivity contribution in [2.24, 2.45) is 11.8 Å². The van der Waals surface area contributed by atoms with Crippen LogP contribution in [0.2, 0.25) is 5.02 Å². The molecule has 6 nitrogen and oxygen atoms in total. The van der Waals surface area contributed by atoms with Crippen LogP contribution < -0.4 is 15.2 Å². The number of fused-ring (bicyclic) bond motifs is 1. The molecule has 1 atom stereocenters. The van der Waals surface area contributed by atoms with Crippen molar-refractivity contribution < 1.29 is 19.4 Å². The fourth-order valence-electron chi connectivity index (χ4n) is 5.17. The number of nitrogen functional groups attached to an aromatic ring is 1. The Hall–Kier alpha value is -1.66. The minimum absolute atomic E-state index is 0.0106. The number of ether oxygens (including phenoxy) is 2. The SMILES string of the molecule is CC1(C2CCN(CC3CCCCC3)CC2)COc2c(C(=O)O)cc(Cl)c(N)c2O1. The second-order valence-corrected chi connectivity index (χ2v) is 9.47. The molecule has 0 amide bonds. The Kier molecular flexibility index (Phi) is 5.85. The molecule has 2 heterocycles. The van der Waals surface area contributed by atoms with Crippen LogP contribution in [0, 0.1) is 11.8 Å². The second kappa shape index (κ2) is 8.23. The molecule has 0 bridgehead atoms. The molecule has 29 heavy (non-hydrogen) atoms. The first-order chi connectivity index (χ1) is 13.9. The van der Waals surface area contributed by atoms with Crippen molar-refractivity contribution >= 4 is 23.3 Å². The fourth-order valence-corrected chi connectivity index (χ4v) is 5.36. The van der Waals surface area contributed by atoms with Crippen LogP contribution in [0.25, 0.3) is 0 Å². The van der Waals surface area contributed by atoms with Crippen LogP contribution in [0.5, 0.6) is 11.5 Å². The summed E-state index contributed by atoms with van der Waals surface area (Å²) < 4.78 is 12.2. The lowest BCUT2D eigenvalue weighted by Crippen LogP contribution is -2.52. The number of piperidine rings is 1. The van der Waals surface area contributed by atoms with Crippen molar-refractivity contribution in [3.05, 3.63) is 16.7 Å². The van der Waals surface area contributed by atoms with E-state index in [9.17, 15) is 9.90 Å². The summed E-state index contributed by atoms with van der Waals surface area (Å²) in [6.45, 7) is 5.71. The summed E-state index contributed by atoms with van der Waals surface area (Å²) in [5, 5.41) is 9.64. The van der Waals surface area contributed by atoms with Crippen LogP contribution in [0.1, 0.15) is 62.2 Å². The highest BCUT2D eigenvalue weighted by Crippen LogP contribution is 2.48. The number of anilines is 1. The maximum atomic E-state index is 11.6. The summed E-state index contributed by atoms with van der Waals surface area (Å²) in [7, 11) is 0. The molecule has 1 unspecified atom stereocenters. The lowest BCUT2D eigenvalue weighted by atomic mass is 9.80. The highest BCUT2D eigenvalue weighted by atomic mass is 35.5. The number of rotatable bonds is 4. The van der Waals surface area contributed by atoms with Gasteiger partial charge in [-0.05, 0) is 57.7 Å². The van der Waals surface area contributed by atoms with E-state index in [4.69, 9.17) is 26.8 Å². The third-order valence-corrected chi connectivity index (χ3v) is 7.30. The molecule has 1 saturated heterocycles. The Morgan fingerprint density at radius 2 is 1.93 bits per heavy atom. The maximum Gasteiger partial charge on any atom is 0.339 e. The standard InChI is InChI=1S/C22H31ClN2O4/c1-22(15-7-9-25(10-8-15)12-14-5-3-2-4-6-14)13-28-19-16(21(26)27)11-17(23)18(24)20(19)29-22/h11,14-15H,2-10,12-13,24H2,1H3,(H,26,27). The normalized spacial score (nSPS) is 26.4. The van der Waals surface area contributed by atoms with Crippen LogP contribution in [0.3, 0.4) is 0 Å². The Balaban J connectivity index is 1.44. The van der Waals surface area contributed by atoms with Gasteiger partial charge in [-0.2, -0.15) is 0 Å². The quantitative estimate of drug-likeness (QED) is 0.697. The van der Waals surface area contributed by atoms with Gasteiger partial charge in [-0.25, -0.2) is 4.79 Å². The molecule has 1 aliphatic carbocycles. The van der Waals surface area contributed by atoms with E-state index in [0.717, 1.165) is 31.8 Å². The Labute approximate surface area is 177 Å². The first-order valence-electron chi connectivity index (χ1n) is 10.8. The monoisotopic (exact) mass is 422 g/mol. The molecule has 3 aliphatic rings. The molecule has 2 fully saturated rings. The van der Waals surface area contributed by atoms with E-state index >= 15 is 0 Å². The lowest BCUT2D eigenvalue weighted by molar-refractivity contribution is -0.0586. The number of carbonyl (C=O) groups is 1. The topological polar surface area (TPSA) is 85.0 Å². The number of nitrogens with two attached hydrogens (primary N) is 1. The molecule has 1 saturated carbocycles. The zero-order valence-electron chi connectivity index (χ0n) is 17.1. The molecule has 1 aromatic carbocycles. The van der Waals surface area contributed by atoms with E-state index in [1.54, 1.807) is 0 Å². The number of carboxylic acid groups (broad SMARTS) is 1. The van der Waals surface area contributed by atoms with Gasteiger partial charge in [0.1, 0.15) is 17.8 Å². The van der Waals surface area contributed by atoms with E-state index in [1.165, 1.54) is 44.7 Å². The van der Waals surface area contributed by atoms with E-state index in [0.29, 0.717) is 12.5 Å². The first kappa shape index (κ1) is 20.6. The fraction of sp³-hybridized carbons (Fsp3) is 0.682. The summed E-state index contributed by atoms with van der Waals surface area (Å²) in [5.41, 5.74) is 5.80. The van der Waals surface area contributed by atoms with Gasteiger partial charge in [0.25, 0.3) is 0 Å². The molecule has 0 aromatic heterocycles. The lowest BCUT2D eigenvalue weighted by Gasteiger charge is -2.45. The van der Waals surface area contributed by atoms with Gasteiger partial charge in [0, 0.05) is 12.5 Å². The minimum atomic E-state index is -1.11. The molecule has 160 valence electrons. The molecule has 0 radical (unpaired) electrons. The smallest absolute Gasteiger partial charge is 0.339 e. The predicted octanol–water partition coefficient (Wildman–Crippen LogP) is 4.44. The van der Waals surface area contributed by atoms with Gasteiger partial charge in [0.05, 0.1) is 10.7 Å². The van der Waals surface area contributed by atoms with Crippen LogP contribution in [0.4, 0.5) is 5.69 Å². The van der Waals surface area contributed by atoms with Crippen molar-refractivity contribution in [2.45, 2.75) is 57.5 Å². The minimum Gasteiger partial charge on any atom is -0.485 e. The molecule has 1 aromatic rings. The number of hydrogen-bond donors (Lipinski definition) is 2. The molecular weight excluding hydrogens is 392 g/mol. The van der Waals surface area contributed by atoms with E-state index < -0.39 is 11.6 Å². The van der Waals surface area contributed by atoms with E-state index in [1.807, 2.05) is 6.92 Å². The van der Waals surface area contributed by atoms with Crippen LogP contribution >= 0.6 is 11.6 Å². The Bertz CT molecular complexity index is 773. The molecule has 7 heteroatoms. The number of aromatic carboxylic acids is 1. The average Bonchev–Trinajstić information content (AvgIpc) is 2.72. The third-order valence-electron chi connectivity index (χ3n) is 6.98. The molecule has 2 aliphatic heterocycles. The zero-order chi connectivity index (χ0) is 20.6. The summed E-state index contributed by atoms with van der Waals surface area (Å²) >= 11 is 6.15. The van der Waals surface area contributed by atoms with Crippen molar-refractivity contribution in [2.75, 3.05) is 32.0 Å². The van der Waals surface area contributed by atoms with Gasteiger partial charge in [0.2, 0.25) is 0 Å². The Morgan fingerprint density at radius 3 is 2.59 bits per heavy atom. The largest absolute Gasteiger partial charge is 0.485 e. The average molecular weight is 423 g/mol. The first-order valence-corrected chi connectivity index (χ1v) is 11.1. The van der Waals surface area contributed by atoms with Gasteiger partial charge in [-0.15, -0.1) is 0 Å². The molecular formula is C22H31ClN2O4. The number of hydrogen-bond acceptors (Lipinski definition) is 5. The third kappa shape index (κ3) is 4.15. The molecule has 4 rings (SSSR count). The van der Waals surface area contributed by atoms with Gasteiger partial charge in [-0.1, -0.05) is 30.9 Å². The summed E-state index contributed by atoms with van der Waals surface area (Å²) in [6, 6.07) is 1.33. The van der Waals surface area contributed by atoms with Crippen molar-refractivity contribution in [1.29, 1.82) is 0 Å². The van der Waals surface area contributed by atoms with E-state index in [-0.39, 0.29) is 27.8 Å². The number of halogens is 1. The van der Waals surface area contributed by atoms with Crippen molar-refractivity contribution in [3.63, 3.8) is 0 Å². The van der Waals surface area contributed by atoms with Gasteiger partial charge >= 0.3 is 5.97 Å². The number of benzene rings is 1. The van der Waals surface area contributed by atoms with Gasteiger partial charge < -0.3 is 25.2 Å². The predicted molar refractivity (Wildman–Crippen MR) is 113 cm³/mol. The summed E-state index contributed by atoms with van der Waals surface area (Å²) in [4.78, 5) is 14.2. The zero-order valence-corrected chi connectivity index (χ0v) is 17.8. The number of nitrogens with zero attached hydrogens (tertiary/aromatic N) is 1. The number of likely N-dealkylation sites (tertiary alicyclic amines) is 1. The molecule has 0 spiro atoms. The Morgan fingerprint density at radius 1 is 1.24 bits per heavy atom. The molecule has 3 N–H and O–H groups in total. The van der Waals surface area contributed by atoms with Crippen LogP contribution in [-0.2, 0) is 0 Å². The van der Waals surface area contributed by atoms with Crippen molar-refractivity contribution in [3.8, 4) is 11.5 Å². The van der Waals surface area contributed by atoms with Gasteiger partial charge in [-0.3, -0.25) is 0 Å².